The number of hydrogen-bond donors (Lipinski definition) is 0. The van der Waals surface area contributed by atoms with Gasteiger partial charge in [-0.1, -0.05) is 0 Å². The first-order valence-corrected chi connectivity index (χ1v) is 0.842. The summed E-state index contributed by atoms with van der Waals surface area (Å²) in [6.07, 6.45) is 0. The van der Waals surface area contributed by atoms with E-state index in [1.54, 1.807) is 0 Å². The summed E-state index contributed by atoms with van der Waals surface area (Å²) < 4.78 is 8.25. The summed E-state index contributed by atoms with van der Waals surface area (Å²) in [4.78, 5) is 0. The Morgan fingerprint density at radius 3 is 0.800 bits per heavy atom. The second-order valence-electron chi connectivity index (χ2n) is 0. The van der Waals surface area contributed by atoms with E-state index in [1.165, 1.54) is 0 Å². The quantitative estimate of drug-likeness (QED) is 0.425. The third kappa shape index (κ3) is 247. The van der Waals surface area contributed by atoms with Crippen LogP contribution in [0.2, 0.25) is 0 Å². The van der Waals surface area contributed by atoms with E-state index < -0.39 is 0 Å². The molecule has 0 unspecified atom stereocenters. The molecule has 0 aliphatic heterocycles. The summed E-state index contributed by atoms with van der Waals surface area (Å²) in [6.45, 7) is 0. The van der Waals surface area contributed by atoms with Gasteiger partial charge in [-0.25, -0.2) is 0 Å². The van der Waals surface area contributed by atoms with Gasteiger partial charge in [0.1, 0.15) is 0 Å². The molecule has 0 rings (SSSR count). The molecule has 0 N–H and O–H groups in total. The molecule has 1 nitrogen and oxygen atoms in total. The Bertz CT molecular complexity index is 6.85. The van der Waals surface area contributed by atoms with Crippen LogP contribution < -0.4 is 0 Å². The molecule has 0 saturated heterocycles. The third-order valence-electron chi connectivity index (χ3n) is 0. The normalized spacial score (nSPS) is 0.600. The molecule has 0 aliphatic carbocycles. The number of rotatable bonds is 0. The molecule has 0 saturated carbocycles. The van der Waals surface area contributed by atoms with Gasteiger partial charge in [0.15, 0.2) is 0 Å². The van der Waals surface area contributed by atoms with Crippen LogP contribution in [0, 0.1) is 0 Å². The minimum atomic E-state index is 0. The molecule has 0 spiro atoms. The van der Waals surface area contributed by atoms with Crippen molar-refractivity contribution in [1.82, 2.24) is 0 Å². The van der Waals surface area contributed by atoms with E-state index in [-0.39, 0.29) is 14.1 Å². The summed E-state index contributed by atoms with van der Waals surface area (Å²) in [5.41, 5.74) is 0. The predicted octanol–water partition coefficient (Wildman–Crippen LogP) is 0.336. The molecule has 0 fully saturated rings. The minimum absolute atomic E-state index is 0. The molecule has 0 aromatic heterocycles. The molecule has 5 heavy (non-hydrogen) atoms. The molecular weight excluding hydrogens is 121 g/mol. The van der Waals surface area contributed by atoms with Crippen LogP contribution in [0.25, 0.3) is 0 Å². The maximum atomic E-state index is 8.25. The molecule has 0 aromatic carbocycles. The van der Waals surface area contributed by atoms with Crippen molar-refractivity contribution in [3.63, 3.8) is 0 Å². The van der Waals surface area contributed by atoms with Crippen LogP contribution in [-0.4, -0.2) is 0 Å². The van der Waals surface area contributed by atoms with E-state index >= 15 is 0 Å². The summed E-state index contributed by atoms with van der Waals surface area (Å²) >= 11 is 0.750. The fourth-order valence-electron chi connectivity index (χ4n) is 0. The molecule has 0 amide bonds. The fraction of sp³-hybridized carbons (Fsp3) is 0. The monoisotopic (exact) mass is 124 g/mol. The van der Waals surface area contributed by atoms with Crippen molar-refractivity contribution >= 4 is 0 Å². The van der Waals surface area contributed by atoms with Crippen LogP contribution in [0.1, 0.15) is 0 Å². The van der Waals surface area contributed by atoms with E-state index in [9.17, 15) is 0 Å². The second-order valence-corrected chi connectivity index (χ2v) is 0. The van der Waals surface area contributed by atoms with Gasteiger partial charge in [0.05, 0.1) is 0 Å². The number of halogens is 3. The standard InChI is InChI=1S/3FH.O.Ti/h3*1H;;. The SMILES string of the molecule is F.F.F.[O]=[Ti]. The zero-order chi connectivity index (χ0) is 2.00. The molecule has 5 heteroatoms. The Morgan fingerprint density at radius 2 is 0.800 bits per heavy atom. The van der Waals surface area contributed by atoms with Crippen molar-refractivity contribution in [2.45, 2.75) is 0 Å². The van der Waals surface area contributed by atoms with Crippen molar-refractivity contribution in [2.75, 3.05) is 0 Å². The average molecular weight is 124 g/mol. The summed E-state index contributed by atoms with van der Waals surface area (Å²) in [5.74, 6) is 0. The van der Waals surface area contributed by atoms with Crippen LogP contribution in [0.3, 0.4) is 0 Å². The molecule has 0 radical (unpaired) electrons. The van der Waals surface area contributed by atoms with Gasteiger partial charge in [-0.05, 0) is 0 Å². The Hall–Kier alpha value is 0.304. The van der Waals surface area contributed by atoms with Gasteiger partial charge in [0, 0.05) is 0 Å². The van der Waals surface area contributed by atoms with E-state index in [0.717, 1.165) is 20.4 Å². The first-order valence-electron chi connectivity index (χ1n) is 0.204. The van der Waals surface area contributed by atoms with Crippen LogP contribution in [0.4, 0.5) is 14.1 Å². The fourth-order valence-corrected chi connectivity index (χ4v) is 0. The molecule has 0 heterocycles. The van der Waals surface area contributed by atoms with Crippen LogP contribution in [-0.2, 0) is 23.7 Å². The first-order chi connectivity index (χ1) is 1.00. The summed E-state index contributed by atoms with van der Waals surface area (Å²) in [6, 6.07) is 0. The second kappa shape index (κ2) is 508. The average Bonchev–Trinajstić information content (AvgIpc) is 1.00. The van der Waals surface area contributed by atoms with Gasteiger partial charge < -0.3 is 0 Å². The van der Waals surface area contributed by atoms with E-state index in [4.69, 9.17) is 3.32 Å². The van der Waals surface area contributed by atoms with Gasteiger partial charge in [0.25, 0.3) is 0 Å². The zero-order valence-corrected chi connectivity index (χ0v) is 3.69. The number of hydrogen-bond acceptors (Lipinski definition) is 1. The molecular formula is H3F3OTi. The molecule has 0 aliphatic rings. The van der Waals surface area contributed by atoms with Crippen LogP contribution in [0.15, 0.2) is 0 Å². The molecule has 34 valence electrons. The van der Waals surface area contributed by atoms with E-state index in [2.05, 4.69) is 0 Å². The molecule has 0 atom stereocenters. The Labute approximate surface area is 38.6 Å². The first kappa shape index (κ1) is 57.8. The third-order valence-corrected chi connectivity index (χ3v) is 0. The maximum absolute atomic E-state index is 8.25. The van der Waals surface area contributed by atoms with Crippen molar-refractivity contribution in [1.29, 1.82) is 0 Å². The molecule has 0 bridgehead atoms. The van der Waals surface area contributed by atoms with Crippen LogP contribution in [0.5, 0.6) is 0 Å². The van der Waals surface area contributed by atoms with Gasteiger partial charge in [0.2, 0.25) is 0 Å². The van der Waals surface area contributed by atoms with Crippen molar-refractivity contribution in [3.8, 4) is 0 Å². The van der Waals surface area contributed by atoms with Gasteiger partial charge >= 0.3 is 23.7 Å². The van der Waals surface area contributed by atoms with Gasteiger partial charge in [-0.2, -0.15) is 0 Å². The van der Waals surface area contributed by atoms with Crippen LogP contribution >= 0.6 is 0 Å². The predicted molar refractivity (Wildman–Crippen MR) is 8.20 cm³/mol. The summed E-state index contributed by atoms with van der Waals surface area (Å²) in [7, 11) is 0. The van der Waals surface area contributed by atoms with Gasteiger partial charge in [-0.3, -0.25) is 14.1 Å². The Morgan fingerprint density at radius 1 is 0.800 bits per heavy atom. The van der Waals surface area contributed by atoms with E-state index in [0.29, 0.717) is 0 Å². The molecule has 0 aromatic rings. The Kier molecular flexibility index (Phi) is 5860. The van der Waals surface area contributed by atoms with Gasteiger partial charge in [-0.15, -0.1) is 0 Å². The van der Waals surface area contributed by atoms with Crippen molar-refractivity contribution < 1.29 is 37.8 Å². The topological polar surface area (TPSA) is 17.1 Å². The Balaban J connectivity index is -0.00000000167. The van der Waals surface area contributed by atoms with Crippen molar-refractivity contribution in [2.24, 2.45) is 0 Å². The summed E-state index contributed by atoms with van der Waals surface area (Å²) in [5, 5.41) is 0. The van der Waals surface area contributed by atoms with E-state index in [1.807, 2.05) is 0 Å². The zero-order valence-electron chi connectivity index (χ0n) is 2.13. The van der Waals surface area contributed by atoms with Crippen molar-refractivity contribution in [3.05, 3.63) is 0 Å².